The van der Waals surface area contributed by atoms with Crippen molar-refractivity contribution in [1.29, 1.82) is 0 Å². The number of nitrogens with one attached hydrogen (secondary N) is 1. The van der Waals surface area contributed by atoms with Crippen LogP contribution in [0.4, 0.5) is 4.39 Å². The Hall–Kier alpha value is -3.94. The molecule has 0 aliphatic carbocycles. The molecule has 4 heterocycles. The number of halogens is 1. The summed E-state index contributed by atoms with van der Waals surface area (Å²) in [4.78, 5) is 36.0. The van der Waals surface area contributed by atoms with Crippen LogP contribution in [0.1, 0.15) is 40.2 Å². The van der Waals surface area contributed by atoms with E-state index in [2.05, 4.69) is 24.9 Å². The van der Waals surface area contributed by atoms with E-state index < -0.39 is 0 Å². The summed E-state index contributed by atoms with van der Waals surface area (Å²) >= 11 is 0. The van der Waals surface area contributed by atoms with E-state index in [-0.39, 0.29) is 17.6 Å². The Morgan fingerprint density at radius 1 is 1.06 bits per heavy atom. The highest BCUT2D eigenvalue weighted by molar-refractivity contribution is 5.94. The van der Waals surface area contributed by atoms with Gasteiger partial charge in [-0.2, -0.15) is 0 Å². The van der Waals surface area contributed by atoms with E-state index in [9.17, 15) is 9.18 Å². The van der Waals surface area contributed by atoms with E-state index in [1.807, 2.05) is 17.0 Å². The van der Waals surface area contributed by atoms with Crippen molar-refractivity contribution in [2.75, 3.05) is 13.1 Å². The number of hydrogen-bond donors (Lipinski definition) is 1. The first kappa shape index (κ1) is 21.9. The van der Waals surface area contributed by atoms with Gasteiger partial charge in [-0.15, -0.1) is 0 Å². The molecule has 5 rings (SSSR count). The van der Waals surface area contributed by atoms with Crippen LogP contribution in [0.5, 0.6) is 0 Å². The van der Waals surface area contributed by atoms with Crippen LogP contribution in [0.2, 0.25) is 0 Å². The first-order valence-electron chi connectivity index (χ1n) is 11.4. The number of aromatic amines is 1. The van der Waals surface area contributed by atoms with Gasteiger partial charge in [0.05, 0.1) is 5.69 Å². The molecular weight excluding hydrogens is 431 g/mol. The molecule has 3 aromatic heterocycles. The zero-order valence-electron chi connectivity index (χ0n) is 18.7. The van der Waals surface area contributed by atoms with Gasteiger partial charge in [0, 0.05) is 61.8 Å². The predicted octanol–water partition coefficient (Wildman–Crippen LogP) is 4.09. The summed E-state index contributed by atoms with van der Waals surface area (Å²) in [5, 5.41) is 0. The molecule has 0 radical (unpaired) electrons. The van der Waals surface area contributed by atoms with Gasteiger partial charge >= 0.3 is 0 Å². The van der Waals surface area contributed by atoms with E-state index in [0.29, 0.717) is 24.4 Å². The Morgan fingerprint density at radius 3 is 2.82 bits per heavy atom. The maximum atomic E-state index is 13.5. The summed E-state index contributed by atoms with van der Waals surface area (Å²) in [5.41, 5.74) is 3.82. The third-order valence-corrected chi connectivity index (χ3v) is 6.12. The van der Waals surface area contributed by atoms with Crippen LogP contribution in [0.3, 0.4) is 0 Å². The number of H-pyrrole nitrogens is 1. The lowest BCUT2D eigenvalue weighted by atomic mass is 9.92. The van der Waals surface area contributed by atoms with Crippen molar-refractivity contribution in [3.05, 3.63) is 95.7 Å². The molecular formula is C26H25FN6O. The van der Waals surface area contributed by atoms with Crippen molar-refractivity contribution in [1.82, 2.24) is 29.8 Å². The van der Waals surface area contributed by atoms with Crippen LogP contribution >= 0.6 is 0 Å². The van der Waals surface area contributed by atoms with Gasteiger partial charge in [0.2, 0.25) is 0 Å². The second-order valence-electron chi connectivity index (χ2n) is 8.60. The summed E-state index contributed by atoms with van der Waals surface area (Å²) < 4.78 is 13.5. The smallest absolute Gasteiger partial charge is 0.253 e. The van der Waals surface area contributed by atoms with Crippen molar-refractivity contribution < 1.29 is 9.18 Å². The zero-order valence-corrected chi connectivity index (χ0v) is 18.7. The molecule has 1 aliphatic rings. The van der Waals surface area contributed by atoms with Gasteiger partial charge in [-0.25, -0.2) is 14.4 Å². The van der Waals surface area contributed by atoms with Gasteiger partial charge in [-0.05, 0) is 55.0 Å². The van der Waals surface area contributed by atoms with E-state index in [4.69, 9.17) is 0 Å². The van der Waals surface area contributed by atoms with E-state index >= 15 is 0 Å². The SMILES string of the molecule is O=C(c1ccnc(Cc2cccc(F)c2)c1)N1CCCC(Cc2nccnc2-c2ncc[nH]2)C1. The fourth-order valence-corrected chi connectivity index (χ4v) is 4.54. The van der Waals surface area contributed by atoms with Gasteiger partial charge in [0.15, 0.2) is 5.82 Å². The minimum Gasteiger partial charge on any atom is -0.343 e. The van der Waals surface area contributed by atoms with Crippen LogP contribution in [0, 0.1) is 11.7 Å². The van der Waals surface area contributed by atoms with Crippen molar-refractivity contribution >= 4 is 5.91 Å². The monoisotopic (exact) mass is 456 g/mol. The molecule has 0 bridgehead atoms. The van der Waals surface area contributed by atoms with Gasteiger partial charge in [-0.3, -0.25) is 14.8 Å². The topological polar surface area (TPSA) is 87.7 Å². The van der Waals surface area contributed by atoms with Crippen molar-refractivity contribution in [3.8, 4) is 11.5 Å². The molecule has 34 heavy (non-hydrogen) atoms. The molecule has 1 unspecified atom stereocenters. The average molecular weight is 457 g/mol. The Bertz CT molecular complexity index is 1280. The third-order valence-electron chi connectivity index (χ3n) is 6.12. The molecule has 1 aliphatic heterocycles. The second kappa shape index (κ2) is 9.91. The molecule has 1 atom stereocenters. The molecule has 1 saturated heterocycles. The molecule has 4 aromatic rings. The molecule has 1 amide bonds. The quantitative estimate of drug-likeness (QED) is 0.472. The maximum absolute atomic E-state index is 13.5. The normalized spacial score (nSPS) is 15.9. The Balaban J connectivity index is 1.28. The Kier molecular flexibility index (Phi) is 6.38. The Labute approximate surface area is 197 Å². The number of imidazole rings is 1. The highest BCUT2D eigenvalue weighted by Crippen LogP contribution is 2.25. The minimum atomic E-state index is -0.276. The summed E-state index contributed by atoms with van der Waals surface area (Å²) in [7, 11) is 0. The van der Waals surface area contributed by atoms with Gasteiger partial charge in [0.1, 0.15) is 11.5 Å². The number of nitrogens with zero attached hydrogens (tertiary/aromatic N) is 5. The first-order valence-corrected chi connectivity index (χ1v) is 11.4. The van der Waals surface area contributed by atoms with Crippen LogP contribution in [0.25, 0.3) is 11.5 Å². The number of amides is 1. The summed E-state index contributed by atoms with van der Waals surface area (Å²) in [6.07, 6.45) is 11.7. The first-order chi connectivity index (χ1) is 16.7. The number of piperidine rings is 1. The number of hydrogen-bond acceptors (Lipinski definition) is 5. The van der Waals surface area contributed by atoms with E-state index in [1.54, 1.807) is 43.1 Å². The van der Waals surface area contributed by atoms with Crippen molar-refractivity contribution in [2.24, 2.45) is 5.92 Å². The molecule has 8 heteroatoms. The molecule has 1 N–H and O–H groups in total. The maximum Gasteiger partial charge on any atom is 0.253 e. The standard InChI is InChI=1S/C26H25FN6O/c27-21-5-1-3-18(13-21)14-22-16-20(6-7-28-22)26(34)33-12-2-4-19(17-33)15-23-24(30-9-8-29-23)25-31-10-11-32-25/h1,3,5-11,13,16,19H,2,4,12,14-15,17H2,(H,31,32). The lowest BCUT2D eigenvalue weighted by Gasteiger charge is -2.33. The summed E-state index contributed by atoms with van der Waals surface area (Å²) in [6, 6.07) is 10.0. The van der Waals surface area contributed by atoms with Crippen LogP contribution in [-0.2, 0) is 12.8 Å². The van der Waals surface area contributed by atoms with Crippen LogP contribution in [0.15, 0.2) is 67.4 Å². The highest BCUT2D eigenvalue weighted by Gasteiger charge is 2.26. The number of likely N-dealkylation sites (tertiary alicyclic amines) is 1. The van der Waals surface area contributed by atoms with Crippen LogP contribution in [-0.4, -0.2) is 48.8 Å². The highest BCUT2D eigenvalue weighted by atomic mass is 19.1. The molecule has 1 fully saturated rings. The number of carbonyl (C=O) groups is 1. The fourth-order valence-electron chi connectivity index (χ4n) is 4.54. The molecule has 0 saturated carbocycles. The van der Waals surface area contributed by atoms with Crippen molar-refractivity contribution in [2.45, 2.75) is 25.7 Å². The third kappa shape index (κ3) is 5.01. The Morgan fingerprint density at radius 2 is 1.97 bits per heavy atom. The van der Waals surface area contributed by atoms with E-state index in [0.717, 1.165) is 48.5 Å². The zero-order chi connectivity index (χ0) is 23.3. The minimum absolute atomic E-state index is 0.00186. The largest absolute Gasteiger partial charge is 0.343 e. The molecule has 7 nitrogen and oxygen atoms in total. The second-order valence-corrected chi connectivity index (χ2v) is 8.60. The van der Waals surface area contributed by atoms with Gasteiger partial charge in [0.25, 0.3) is 5.91 Å². The van der Waals surface area contributed by atoms with Gasteiger partial charge < -0.3 is 9.88 Å². The van der Waals surface area contributed by atoms with Crippen molar-refractivity contribution in [3.63, 3.8) is 0 Å². The molecule has 172 valence electrons. The number of benzene rings is 1. The lowest BCUT2D eigenvalue weighted by Crippen LogP contribution is -2.40. The van der Waals surface area contributed by atoms with Gasteiger partial charge in [-0.1, -0.05) is 12.1 Å². The predicted molar refractivity (Wildman–Crippen MR) is 125 cm³/mol. The molecule has 1 aromatic carbocycles. The number of pyridine rings is 1. The van der Waals surface area contributed by atoms with Crippen LogP contribution < -0.4 is 0 Å². The number of rotatable bonds is 6. The van der Waals surface area contributed by atoms with E-state index in [1.165, 1.54) is 12.1 Å². The summed E-state index contributed by atoms with van der Waals surface area (Å²) in [5.74, 6) is 0.714. The number of aromatic nitrogens is 5. The fraction of sp³-hybridized carbons (Fsp3) is 0.269. The molecule has 0 spiro atoms. The number of carbonyl (C=O) groups excluding carboxylic acids is 1. The lowest BCUT2D eigenvalue weighted by molar-refractivity contribution is 0.0672. The summed E-state index contributed by atoms with van der Waals surface area (Å²) in [6.45, 7) is 1.39. The average Bonchev–Trinajstić information content (AvgIpc) is 3.39.